The van der Waals surface area contributed by atoms with Gasteiger partial charge in [-0.05, 0) is 12.1 Å². The SMILES string of the molecule is COc1ccc(C(NN)C2CSCCS2)c(OC)c1. The molecule has 1 aliphatic heterocycles. The van der Waals surface area contributed by atoms with Gasteiger partial charge in [-0.2, -0.15) is 23.5 Å². The van der Waals surface area contributed by atoms with E-state index in [2.05, 4.69) is 5.43 Å². The first-order valence-electron chi connectivity index (χ1n) is 6.17. The third-order valence-corrected chi connectivity index (χ3v) is 6.03. The number of rotatable bonds is 5. The molecule has 6 heteroatoms. The lowest BCUT2D eigenvalue weighted by Gasteiger charge is -2.30. The van der Waals surface area contributed by atoms with Crippen LogP contribution in [0.5, 0.6) is 11.5 Å². The Kier molecular flexibility index (Phi) is 5.69. The number of hydrogen-bond donors (Lipinski definition) is 2. The molecule has 0 spiro atoms. The molecule has 0 bridgehead atoms. The van der Waals surface area contributed by atoms with Gasteiger partial charge in [0.15, 0.2) is 0 Å². The van der Waals surface area contributed by atoms with Gasteiger partial charge in [-0.3, -0.25) is 11.3 Å². The number of nitrogens with one attached hydrogen (secondary N) is 1. The molecule has 1 aromatic rings. The average molecular weight is 300 g/mol. The molecular weight excluding hydrogens is 280 g/mol. The third kappa shape index (κ3) is 3.51. The van der Waals surface area contributed by atoms with Crippen LogP contribution in [0, 0.1) is 0 Å². The Morgan fingerprint density at radius 2 is 2.16 bits per heavy atom. The first kappa shape index (κ1) is 14.8. The Morgan fingerprint density at radius 3 is 2.74 bits per heavy atom. The lowest BCUT2D eigenvalue weighted by Crippen LogP contribution is -2.38. The zero-order chi connectivity index (χ0) is 13.7. The summed E-state index contributed by atoms with van der Waals surface area (Å²) in [5, 5.41) is 0.464. The number of methoxy groups -OCH3 is 2. The van der Waals surface area contributed by atoms with E-state index in [0.717, 1.165) is 22.8 Å². The van der Waals surface area contributed by atoms with Crippen LogP contribution in [0.15, 0.2) is 18.2 Å². The highest BCUT2D eigenvalue weighted by molar-refractivity contribution is 8.06. The van der Waals surface area contributed by atoms with Crippen molar-refractivity contribution in [2.24, 2.45) is 5.84 Å². The van der Waals surface area contributed by atoms with Gasteiger partial charge in [0.1, 0.15) is 11.5 Å². The first-order valence-corrected chi connectivity index (χ1v) is 8.38. The Morgan fingerprint density at radius 1 is 1.32 bits per heavy atom. The summed E-state index contributed by atoms with van der Waals surface area (Å²) < 4.78 is 10.7. The fourth-order valence-corrected chi connectivity index (χ4v) is 5.01. The fourth-order valence-electron chi connectivity index (χ4n) is 2.17. The minimum Gasteiger partial charge on any atom is -0.497 e. The topological polar surface area (TPSA) is 56.5 Å². The summed E-state index contributed by atoms with van der Waals surface area (Å²) in [6, 6.07) is 5.98. The summed E-state index contributed by atoms with van der Waals surface area (Å²) in [7, 11) is 3.33. The molecule has 1 heterocycles. The number of hydrogen-bond acceptors (Lipinski definition) is 6. The molecule has 1 fully saturated rings. The maximum absolute atomic E-state index is 5.77. The van der Waals surface area contributed by atoms with E-state index in [9.17, 15) is 0 Å². The number of hydrazine groups is 1. The highest BCUT2D eigenvalue weighted by atomic mass is 32.2. The third-order valence-electron chi connectivity index (χ3n) is 3.17. The maximum Gasteiger partial charge on any atom is 0.127 e. The summed E-state index contributed by atoms with van der Waals surface area (Å²) in [4.78, 5) is 0. The Hall–Kier alpha value is -0.560. The molecular formula is C13H20N2O2S2. The molecule has 1 aromatic carbocycles. The quantitative estimate of drug-likeness (QED) is 0.641. The normalized spacial score (nSPS) is 20.9. The van der Waals surface area contributed by atoms with Gasteiger partial charge >= 0.3 is 0 Å². The van der Waals surface area contributed by atoms with Crippen molar-refractivity contribution in [1.82, 2.24) is 5.43 Å². The van der Waals surface area contributed by atoms with Crippen LogP contribution in [-0.4, -0.2) is 36.7 Å². The van der Waals surface area contributed by atoms with E-state index in [1.165, 1.54) is 11.5 Å². The van der Waals surface area contributed by atoms with Crippen LogP contribution in [0.1, 0.15) is 11.6 Å². The molecule has 0 saturated carbocycles. The highest BCUT2D eigenvalue weighted by Gasteiger charge is 2.27. The highest BCUT2D eigenvalue weighted by Crippen LogP contribution is 2.37. The van der Waals surface area contributed by atoms with Crippen molar-refractivity contribution >= 4 is 23.5 Å². The Bertz CT molecular complexity index is 412. The summed E-state index contributed by atoms with van der Waals surface area (Å²) in [5.74, 6) is 10.9. The van der Waals surface area contributed by atoms with E-state index in [-0.39, 0.29) is 6.04 Å². The van der Waals surface area contributed by atoms with E-state index >= 15 is 0 Å². The number of thioether (sulfide) groups is 2. The van der Waals surface area contributed by atoms with Crippen molar-refractivity contribution in [2.75, 3.05) is 31.5 Å². The zero-order valence-corrected chi connectivity index (χ0v) is 12.9. The molecule has 0 amide bonds. The van der Waals surface area contributed by atoms with Crippen LogP contribution in [0.25, 0.3) is 0 Å². The fraction of sp³-hybridized carbons (Fsp3) is 0.538. The van der Waals surface area contributed by atoms with Crippen LogP contribution in [0.2, 0.25) is 0 Å². The van der Waals surface area contributed by atoms with Gasteiger partial charge in [0.25, 0.3) is 0 Å². The number of benzene rings is 1. The van der Waals surface area contributed by atoms with E-state index in [1.54, 1.807) is 14.2 Å². The molecule has 3 N–H and O–H groups in total. The molecule has 0 aliphatic carbocycles. The zero-order valence-electron chi connectivity index (χ0n) is 11.2. The van der Waals surface area contributed by atoms with Crippen molar-refractivity contribution in [3.05, 3.63) is 23.8 Å². The van der Waals surface area contributed by atoms with Gasteiger partial charge in [-0.25, -0.2) is 0 Å². The Labute approximate surface area is 122 Å². The molecule has 0 aromatic heterocycles. The van der Waals surface area contributed by atoms with Crippen molar-refractivity contribution in [3.63, 3.8) is 0 Å². The largest absolute Gasteiger partial charge is 0.497 e. The molecule has 2 rings (SSSR count). The van der Waals surface area contributed by atoms with Crippen molar-refractivity contribution in [2.45, 2.75) is 11.3 Å². The van der Waals surface area contributed by atoms with Crippen LogP contribution in [-0.2, 0) is 0 Å². The van der Waals surface area contributed by atoms with Crippen LogP contribution in [0.3, 0.4) is 0 Å². The summed E-state index contributed by atoms with van der Waals surface area (Å²) in [6.45, 7) is 0. The molecule has 106 valence electrons. The van der Waals surface area contributed by atoms with Crippen LogP contribution < -0.4 is 20.7 Å². The minimum absolute atomic E-state index is 0.0960. The maximum atomic E-state index is 5.77. The second-order valence-corrected chi connectivity index (χ2v) is 6.73. The van der Waals surface area contributed by atoms with Gasteiger partial charge in [-0.1, -0.05) is 0 Å². The first-order chi connectivity index (χ1) is 9.30. The molecule has 1 aliphatic rings. The van der Waals surface area contributed by atoms with E-state index in [1.807, 2.05) is 41.7 Å². The molecule has 2 unspecified atom stereocenters. The summed E-state index contributed by atoms with van der Waals surface area (Å²) >= 11 is 3.95. The monoisotopic (exact) mass is 300 g/mol. The molecule has 0 radical (unpaired) electrons. The minimum atomic E-state index is 0.0960. The average Bonchev–Trinajstić information content (AvgIpc) is 2.49. The predicted molar refractivity (Wildman–Crippen MR) is 83.2 cm³/mol. The Balaban J connectivity index is 2.26. The van der Waals surface area contributed by atoms with Crippen LogP contribution >= 0.6 is 23.5 Å². The standard InChI is InChI=1S/C13H20N2O2S2/c1-16-9-3-4-10(11(7-9)17-2)13(15-14)12-8-18-5-6-19-12/h3-4,7,12-13,15H,5-6,8,14H2,1-2H3. The second kappa shape index (κ2) is 7.28. The van der Waals surface area contributed by atoms with E-state index in [0.29, 0.717) is 5.25 Å². The van der Waals surface area contributed by atoms with Gasteiger partial charge in [0.05, 0.1) is 20.3 Å². The van der Waals surface area contributed by atoms with Crippen molar-refractivity contribution in [3.8, 4) is 11.5 Å². The van der Waals surface area contributed by atoms with E-state index in [4.69, 9.17) is 15.3 Å². The lowest BCUT2D eigenvalue weighted by molar-refractivity contribution is 0.384. The molecule has 4 nitrogen and oxygen atoms in total. The van der Waals surface area contributed by atoms with Gasteiger partial charge < -0.3 is 9.47 Å². The number of ether oxygens (including phenoxy) is 2. The smallest absolute Gasteiger partial charge is 0.127 e. The summed E-state index contributed by atoms with van der Waals surface area (Å²) in [6.07, 6.45) is 0. The van der Waals surface area contributed by atoms with Crippen LogP contribution in [0.4, 0.5) is 0 Å². The lowest BCUT2D eigenvalue weighted by atomic mass is 10.0. The molecule has 19 heavy (non-hydrogen) atoms. The van der Waals surface area contributed by atoms with Gasteiger partial charge in [0.2, 0.25) is 0 Å². The van der Waals surface area contributed by atoms with E-state index < -0.39 is 0 Å². The van der Waals surface area contributed by atoms with Crippen molar-refractivity contribution < 1.29 is 9.47 Å². The second-order valence-electron chi connectivity index (χ2n) is 4.24. The molecule has 1 saturated heterocycles. The van der Waals surface area contributed by atoms with Gasteiger partial charge in [0, 0.05) is 34.1 Å². The number of nitrogens with two attached hydrogens (primary N) is 1. The van der Waals surface area contributed by atoms with Gasteiger partial charge in [-0.15, -0.1) is 0 Å². The molecule has 2 atom stereocenters. The predicted octanol–water partition coefficient (Wildman–Crippen LogP) is 2.06. The summed E-state index contributed by atoms with van der Waals surface area (Å²) in [5.41, 5.74) is 4.03. The van der Waals surface area contributed by atoms with Crippen molar-refractivity contribution in [1.29, 1.82) is 0 Å².